The Morgan fingerprint density at radius 3 is 3.18 bits per heavy atom. The number of halogens is 1. The van der Waals surface area contributed by atoms with Gasteiger partial charge in [0.15, 0.2) is 5.82 Å². The van der Waals surface area contributed by atoms with Crippen LogP contribution in [0.3, 0.4) is 0 Å². The number of hydrogen-bond acceptors (Lipinski definition) is 5. The maximum atomic E-state index is 11.5. The Kier molecular flexibility index (Phi) is 3.20. The van der Waals surface area contributed by atoms with Crippen molar-refractivity contribution in [2.75, 3.05) is 18.8 Å². The molecule has 6 heteroatoms. The molecule has 1 heterocycles. The smallest absolute Gasteiger partial charge is 0.175 e. The summed E-state index contributed by atoms with van der Waals surface area (Å²) in [7, 11) is 0. The molecule has 0 aliphatic rings. The van der Waals surface area contributed by atoms with Crippen LogP contribution in [0.4, 0.5) is 10.2 Å². The Hall–Kier alpha value is -1.30. The quantitative estimate of drug-likeness (QED) is 0.500. The molecule has 1 N–H and O–H groups in total. The van der Waals surface area contributed by atoms with Crippen molar-refractivity contribution >= 4 is 5.82 Å². The van der Waals surface area contributed by atoms with Crippen LogP contribution in [0, 0.1) is 0 Å². The van der Waals surface area contributed by atoms with E-state index in [2.05, 4.69) is 25.7 Å². The van der Waals surface area contributed by atoms with Crippen LogP contribution < -0.4 is 5.48 Å². The van der Waals surface area contributed by atoms with Gasteiger partial charge in [0, 0.05) is 6.07 Å². The van der Waals surface area contributed by atoms with Crippen LogP contribution in [0.2, 0.25) is 0 Å². The lowest BCUT2D eigenvalue weighted by molar-refractivity contribution is 0.170. The maximum Gasteiger partial charge on any atom is 0.175 e. The lowest BCUT2D eigenvalue weighted by Gasteiger charge is -2.00. The summed E-state index contributed by atoms with van der Waals surface area (Å²) in [6.07, 6.45) is 1.45. The molecule has 0 unspecified atom stereocenters. The zero-order valence-corrected chi connectivity index (χ0v) is 5.70. The average molecular weight is 158 g/mol. The third-order valence-corrected chi connectivity index (χ3v) is 0.859. The van der Waals surface area contributed by atoms with Crippen molar-refractivity contribution in [2.45, 2.75) is 0 Å². The third-order valence-electron chi connectivity index (χ3n) is 0.859. The van der Waals surface area contributed by atoms with Crippen LogP contribution in [0.5, 0.6) is 0 Å². The fourth-order valence-corrected chi connectivity index (χ4v) is 0.459. The van der Waals surface area contributed by atoms with Gasteiger partial charge in [-0.05, 0) is 5.21 Å². The van der Waals surface area contributed by atoms with Crippen LogP contribution in [0.25, 0.3) is 0 Å². The molecule has 0 radical (unpaired) electrons. The van der Waals surface area contributed by atoms with Gasteiger partial charge in [-0.25, -0.2) is 9.87 Å². The molecule has 0 saturated carbocycles. The standard InChI is InChI=1S/C5H7FN4O/c6-2-4-11-9-5-1-3-7-10-8-5/h1,3H,2,4H2,(H,7,8,9). The van der Waals surface area contributed by atoms with Crippen LogP contribution in [0.15, 0.2) is 12.3 Å². The fraction of sp³-hybridized carbons (Fsp3) is 0.400. The van der Waals surface area contributed by atoms with Gasteiger partial charge in [-0.1, -0.05) is 0 Å². The minimum atomic E-state index is -0.536. The fourth-order valence-electron chi connectivity index (χ4n) is 0.459. The molecule has 0 amide bonds. The number of aromatic nitrogens is 3. The van der Waals surface area contributed by atoms with E-state index in [-0.39, 0.29) is 6.61 Å². The maximum absolute atomic E-state index is 11.5. The Balaban J connectivity index is 2.28. The normalized spacial score (nSPS) is 9.55. The first-order valence-electron chi connectivity index (χ1n) is 3.01. The van der Waals surface area contributed by atoms with E-state index in [4.69, 9.17) is 0 Å². The zero-order chi connectivity index (χ0) is 7.94. The summed E-state index contributed by atoms with van der Waals surface area (Å²) in [6.45, 7) is -0.546. The molecule has 0 fully saturated rings. The second-order valence-electron chi connectivity index (χ2n) is 1.65. The first-order chi connectivity index (χ1) is 5.43. The number of alkyl halides is 1. The van der Waals surface area contributed by atoms with Crippen LogP contribution in [-0.2, 0) is 4.84 Å². The molecule has 0 spiro atoms. The van der Waals surface area contributed by atoms with E-state index in [1.165, 1.54) is 6.20 Å². The second-order valence-corrected chi connectivity index (χ2v) is 1.65. The molecule has 0 aliphatic heterocycles. The van der Waals surface area contributed by atoms with Crippen LogP contribution in [0.1, 0.15) is 0 Å². The summed E-state index contributed by atoms with van der Waals surface area (Å²) in [6, 6.07) is 1.56. The van der Waals surface area contributed by atoms with Crippen LogP contribution in [-0.4, -0.2) is 28.7 Å². The molecule has 0 aromatic carbocycles. The number of rotatable bonds is 4. The van der Waals surface area contributed by atoms with E-state index in [1.54, 1.807) is 6.07 Å². The molecule has 0 aliphatic carbocycles. The summed E-state index contributed by atoms with van der Waals surface area (Å²) in [4.78, 5) is 4.61. The molecular formula is C5H7FN4O. The van der Waals surface area contributed by atoms with Crippen molar-refractivity contribution in [3.05, 3.63) is 12.3 Å². The molecule has 0 saturated heterocycles. The predicted octanol–water partition coefficient (Wildman–Crippen LogP) is 0.185. The molecule has 5 nitrogen and oxygen atoms in total. The highest BCUT2D eigenvalue weighted by atomic mass is 19.1. The summed E-state index contributed by atoms with van der Waals surface area (Å²) in [5.41, 5.74) is 2.39. The average Bonchev–Trinajstić information content (AvgIpc) is 2.07. The number of hydrogen-bond donors (Lipinski definition) is 1. The first kappa shape index (κ1) is 7.80. The van der Waals surface area contributed by atoms with E-state index >= 15 is 0 Å². The lowest BCUT2D eigenvalue weighted by Crippen LogP contribution is -2.06. The largest absolute Gasteiger partial charge is 0.272 e. The van der Waals surface area contributed by atoms with Gasteiger partial charge in [0.25, 0.3) is 0 Å². The summed E-state index contributed by atoms with van der Waals surface area (Å²) in [5, 5.41) is 10.3. The van der Waals surface area contributed by atoms with Gasteiger partial charge in [-0.3, -0.25) is 4.84 Å². The molecule has 60 valence electrons. The molecule has 0 bridgehead atoms. The number of anilines is 1. The van der Waals surface area contributed by atoms with Crippen molar-refractivity contribution in [1.82, 2.24) is 15.4 Å². The van der Waals surface area contributed by atoms with Crippen molar-refractivity contribution in [1.29, 1.82) is 0 Å². The first-order valence-corrected chi connectivity index (χ1v) is 3.01. The van der Waals surface area contributed by atoms with Gasteiger partial charge in [-0.15, -0.1) is 10.2 Å². The van der Waals surface area contributed by atoms with Crippen molar-refractivity contribution in [3.8, 4) is 0 Å². The highest BCUT2D eigenvalue weighted by Crippen LogP contribution is 1.95. The Bertz CT molecular complexity index is 195. The Morgan fingerprint density at radius 2 is 2.55 bits per heavy atom. The highest BCUT2D eigenvalue weighted by molar-refractivity contribution is 5.26. The minimum Gasteiger partial charge on any atom is -0.272 e. The second kappa shape index (κ2) is 4.51. The van der Waals surface area contributed by atoms with Crippen molar-refractivity contribution < 1.29 is 9.23 Å². The van der Waals surface area contributed by atoms with Gasteiger partial charge in [0.1, 0.15) is 13.3 Å². The highest BCUT2D eigenvalue weighted by Gasteiger charge is 1.90. The summed E-state index contributed by atoms with van der Waals surface area (Å²) < 4.78 is 11.5. The third kappa shape index (κ3) is 2.85. The van der Waals surface area contributed by atoms with Gasteiger partial charge in [-0.2, -0.15) is 0 Å². The molecule has 1 rings (SSSR count). The van der Waals surface area contributed by atoms with Gasteiger partial charge < -0.3 is 0 Å². The molecular weight excluding hydrogens is 151 g/mol. The molecule has 11 heavy (non-hydrogen) atoms. The van der Waals surface area contributed by atoms with E-state index in [9.17, 15) is 4.39 Å². The lowest BCUT2D eigenvalue weighted by atomic mass is 10.6. The number of nitrogens with one attached hydrogen (secondary N) is 1. The monoisotopic (exact) mass is 158 g/mol. The van der Waals surface area contributed by atoms with Crippen LogP contribution >= 0.6 is 0 Å². The number of nitrogens with zero attached hydrogens (tertiary/aromatic N) is 3. The van der Waals surface area contributed by atoms with Gasteiger partial charge in [0.05, 0.1) is 6.20 Å². The van der Waals surface area contributed by atoms with Gasteiger partial charge >= 0.3 is 0 Å². The van der Waals surface area contributed by atoms with Crippen molar-refractivity contribution in [2.24, 2.45) is 0 Å². The topological polar surface area (TPSA) is 59.9 Å². The van der Waals surface area contributed by atoms with E-state index in [0.29, 0.717) is 5.82 Å². The minimum absolute atomic E-state index is 0.00992. The SMILES string of the molecule is FCCONc1ccnnn1. The molecule has 1 aromatic heterocycles. The molecule has 0 atom stereocenters. The van der Waals surface area contributed by atoms with E-state index < -0.39 is 6.67 Å². The van der Waals surface area contributed by atoms with Crippen molar-refractivity contribution in [3.63, 3.8) is 0 Å². The van der Waals surface area contributed by atoms with Gasteiger partial charge in [0.2, 0.25) is 0 Å². The Morgan fingerprint density at radius 1 is 1.64 bits per heavy atom. The summed E-state index contributed by atoms with van der Waals surface area (Å²) in [5.74, 6) is 0.411. The van der Waals surface area contributed by atoms with E-state index in [0.717, 1.165) is 0 Å². The Labute approximate surface area is 62.5 Å². The zero-order valence-electron chi connectivity index (χ0n) is 5.70. The van der Waals surface area contributed by atoms with E-state index in [1.807, 2.05) is 0 Å². The predicted molar refractivity (Wildman–Crippen MR) is 35.4 cm³/mol. The summed E-state index contributed by atoms with van der Waals surface area (Å²) >= 11 is 0. The molecule has 1 aromatic rings.